The van der Waals surface area contributed by atoms with Crippen LogP contribution < -0.4 is 10.3 Å². The largest absolute Gasteiger partial charge is 0.494 e. The molecular weight excluding hydrogens is 498 g/mol. The fourth-order valence-electron chi connectivity index (χ4n) is 2.42. The van der Waals surface area contributed by atoms with Gasteiger partial charge in [0.25, 0.3) is 11.5 Å². The van der Waals surface area contributed by atoms with Crippen molar-refractivity contribution in [2.24, 2.45) is 0 Å². The first-order valence-electron chi connectivity index (χ1n) is 6.86. The van der Waals surface area contributed by atoms with E-state index in [0.717, 1.165) is 8.14 Å². The summed E-state index contributed by atoms with van der Waals surface area (Å²) in [5.41, 5.74) is 0.0718. The van der Waals surface area contributed by atoms with Crippen LogP contribution in [0.3, 0.4) is 0 Å². The molecule has 25 heavy (non-hydrogen) atoms. The lowest BCUT2D eigenvalue weighted by molar-refractivity contribution is 0.0950. The standard InChI is InChI=1S/C16H9Cl2IN2O3S/c1-24-13-10(4-7(17)5-11(13)18)15(23)21-14(22)9-6-8(19)2-3-12(9)20-16(21)25/h2-6H,1H3,(H,20,25). The molecule has 2 aromatic carbocycles. The summed E-state index contributed by atoms with van der Waals surface area (Å²) in [5.74, 6) is -0.548. The van der Waals surface area contributed by atoms with Crippen molar-refractivity contribution in [3.63, 3.8) is 0 Å². The van der Waals surface area contributed by atoms with Gasteiger partial charge in [-0.3, -0.25) is 9.59 Å². The van der Waals surface area contributed by atoms with Gasteiger partial charge in [0.15, 0.2) is 4.77 Å². The van der Waals surface area contributed by atoms with Gasteiger partial charge in [-0.1, -0.05) is 23.2 Å². The number of aromatic nitrogens is 2. The van der Waals surface area contributed by atoms with E-state index in [1.54, 1.807) is 12.1 Å². The van der Waals surface area contributed by atoms with Crippen molar-refractivity contribution >= 4 is 74.8 Å². The van der Waals surface area contributed by atoms with Crippen LogP contribution in [0.2, 0.25) is 10.0 Å². The number of H-pyrrole nitrogens is 1. The van der Waals surface area contributed by atoms with Gasteiger partial charge in [0.05, 0.1) is 28.6 Å². The second-order valence-corrected chi connectivity index (χ2v) is 7.51. The highest BCUT2D eigenvalue weighted by molar-refractivity contribution is 14.1. The number of carbonyl (C=O) groups is 1. The topological polar surface area (TPSA) is 64.1 Å². The molecule has 9 heteroatoms. The van der Waals surface area contributed by atoms with Crippen LogP contribution in [-0.4, -0.2) is 22.6 Å². The number of nitrogens with one attached hydrogen (secondary N) is 1. The summed E-state index contributed by atoms with van der Waals surface area (Å²) in [4.78, 5) is 28.7. The van der Waals surface area contributed by atoms with E-state index in [1.165, 1.54) is 19.2 Å². The number of carbonyl (C=O) groups excluding carboxylic acids is 1. The number of hydrogen-bond donors (Lipinski definition) is 1. The number of hydrogen-bond acceptors (Lipinski definition) is 4. The van der Waals surface area contributed by atoms with Crippen LogP contribution in [0.4, 0.5) is 0 Å². The molecule has 0 radical (unpaired) electrons. The number of benzene rings is 2. The lowest BCUT2D eigenvalue weighted by Crippen LogP contribution is -2.29. The molecule has 0 saturated heterocycles. The van der Waals surface area contributed by atoms with E-state index >= 15 is 0 Å². The Morgan fingerprint density at radius 2 is 2.00 bits per heavy atom. The Labute approximate surface area is 170 Å². The molecule has 0 amide bonds. The minimum Gasteiger partial charge on any atom is -0.494 e. The van der Waals surface area contributed by atoms with E-state index < -0.39 is 11.5 Å². The van der Waals surface area contributed by atoms with E-state index in [2.05, 4.69) is 27.6 Å². The Morgan fingerprint density at radius 3 is 2.68 bits per heavy atom. The van der Waals surface area contributed by atoms with Crippen LogP contribution in [-0.2, 0) is 0 Å². The van der Waals surface area contributed by atoms with Gasteiger partial charge < -0.3 is 9.72 Å². The smallest absolute Gasteiger partial charge is 0.271 e. The van der Waals surface area contributed by atoms with Crippen molar-refractivity contribution in [3.05, 3.63) is 64.6 Å². The minimum absolute atomic E-state index is 0.0261. The third-order valence-corrected chi connectivity index (χ3v) is 4.96. The molecule has 0 fully saturated rings. The van der Waals surface area contributed by atoms with Crippen LogP contribution in [0.1, 0.15) is 10.4 Å². The maximum absolute atomic E-state index is 13.0. The number of ether oxygens (including phenoxy) is 1. The van der Waals surface area contributed by atoms with Gasteiger partial charge in [0.2, 0.25) is 0 Å². The monoisotopic (exact) mass is 506 g/mol. The van der Waals surface area contributed by atoms with Gasteiger partial charge in [-0.05, 0) is 65.1 Å². The number of methoxy groups -OCH3 is 1. The van der Waals surface area contributed by atoms with E-state index in [4.69, 9.17) is 40.2 Å². The van der Waals surface area contributed by atoms with Crippen molar-refractivity contribution < 1.29 is 9.53 Å². The van der Waals surface area contributed by atoms with Crippen molar-refractivity contribution in [1.82, 2.24) is 9.55 Å². The molecule has 5 nitrogen and oxygen atoms in total. The Hall–Kier alpha value is -1.42. The molecule has 0 atom stereocenters. The fraction of sp³-hybridized carbons (Fsp3) is 0.0625. The molecule has 1 N–H and O–H groups in total. The molecule has 0 aliphatic carbocycles. The third kappa shape index (κ3) is 3.33. The van der Waals surface area contributed by atoms with E-state index in [9.17, 15) is 9.59 Å². The highest BCUT2D eigenvalue weighted by atomic mass is 127. The molecule has 3 rings (SSSR count). The van der Waals surface area contributed by atoms with E-state index in [1.807, 2.05) is 6.07 Å². The summed E-state index contributed by atoms with van der Waals surface area (Å²) in [7, 11) is 1.37. The number of aromatic amines is 1. The summed E-state index contributed by atoms with van der Waals surface area (Å²) < 4.78 is 6.89. The summed E-state index contributed by atoms with van der Waals surface area (Å²) in [5, 5.41) is 0.755. The van der Waals surface area contributed by atoms with Crippen molar-refractivity contribution in [2.45, 2.75) is 0 Å². The zero-order chi connectivity index (χ0) is 18.3. The quantitative estimate of drug-likeness (QED) is 0.405. The van der Waals surface area contributed by atoms with Crippen LogP contribution in [0.5, 0.6) is 5.75 Å². The molecule has 0 saturated carbocycles. The van der Waals surface area contributed by atoms with Crippen LogP contribution in [0.25, 0.3) is 10.9 Å². The minimum atomic E-state index is -0.673. The van der Waals surface area contributed by atoms with Gasteiger partial charge in [-0.15, -0.1) is 0 Å². The first kappa shape index (κ1) is 18.4. The Morgan fingerprint density at radius 1 is 1.28 bits per heavy atom. The normalized spacial score (nSPS) is 10.9. The van der Waals surface area contributed by atoms with Gasteiger partial charge in [-0.25, -0.2) is 4.57 Å². The Kier molecular flexibility index (Phi) is 5.19. The second-order valence-electron chi connectivity index (χ2n) is 5.03. The Balaban J connectivity index is 2.33. The van der Waals surface area contributed by atoms with Crippen LogP contribution in [0, 0.1) is 8.34 Å². The molecular formula is C16H9Cl2IN2O3S. The highest BCUT2D eigenvalue weighted by Crippen LogP contribution is 2.32. The molecule has 3 aromatic rings. The number of fused-ring (bicyclic) bond motifs is 1. The zero-order valence-corrected chi connectivity index (χ0v) is 17.1. The molecule has 0 bridgehead atoms. The van der Waals surface area contributed by atoms with Gasteiger partial charge >= 0.3 is 0 Å². The summed E-state index contributed by atoms with van der Waals surface area (Å²) in [6.07, 6.45) is 0. The van der Waals surface area contributed by atoms with E-state index in [0.29, 0.717) is 10.9 Å². The maximum Gasteiger partial charge on any atom is 0.271 e. The van der Waals surface area contributed by atoms with Crippen molar-refractivity contribution in [3.8, 4) is 5.75 Å². The highest BCUT2D eigenvalue weighted by Gasteiger charge is 2.21. The predicted molar refractivity (Wildman–Crippen MR) is 109 cm³/mol. The average molecular weight is 507 g/mol. The van der Waals surface area contributed by atoms with Crippen molar-refractivity contribution in [1.29, 1.82) is 0 Å². The number of nitrogens with zero attached hydrogens (tertiary/aromatic N) is 1. The molecule has 1 aromatic heterocycles. The molecule has 1 heterocycles. The van der Waals surface area contributed by atoms with Gasteiger partial charge in [0, 0.05) is 8.59 Å². The maximum atomic E-state index is 13.0. The summed E-state index contributed by atoms with van der Waals surface area (Å²) in [6.45, 7) is 0. The first-order chi connectivity index (χ1) is 11.8. The molecule has 128 valence electrons. The van der Waals surface area contributed by atoms with Crippen molar-refractivity contribution in [2.75, 3.05) is 7.11 Å². The average Bonchev–Trinajstić information content (AvgIpc) is 2.55. The Bertz CT molecular complexity index is 1140. The molecule has 0 aliphatic heterocycles. The van der Waals surface area contributed by atoms with E-state index in [-0.39, 0.29) is 26.1 Å². The van der Waals surface area contributed by atoms with Crippen LogP contribution in [0.15, 0.2) is 35.1 Å². The van der Waals surface area contributed by atoms with Gasteiger partial charge in [-0.2, -0.15) is 0 Å². The lowest BCUT2D eigenvalue weighted by Gasteiger charge is -2.12. The fourth-order valence-corrected chi connectivity index (χ4v) is 3.76. The zero-order valence-electron chi connectivity index (χ0n) is 12.6. The molecule has 0 unspecified atom stereocenters. The summed E-state index contributed by atoms with van der Waals surface area (Å²) in [6, 6.07) is 8.08. The number of halogens is 3. The molecule has 0 aliphatic rings. The SMILES string of the molecule is COc1c(Cl)cc(Cl)cc1C(=O)n1c(=S)[nH]c2ccc(I)cc2c1=O. The predicted octanol–water partition coefficient (Wildman–Crippen LogP) is 4.67. The third-order valence-electron chi connectivity index (χ3n) is 3.51. The number of rotatable bonds is 2. The van der Waals surface area contributed by atoms with Crippen LogP contribution >= 0.6 is 58.0 Å². The first-order valence-corrected chi connectivity index (χ1v) is 9.10. The molecule has 0 spiro atoms. The lowest BCUT2D eigenvalue weighted by atomic mass is 10.1. The van der Waals surface area contributed by atoms with Gasteiger partial charge in [0.1, 0.15) is 5.75 Å². The summed E-state index contributed by atoms with van der Waals surface area (Å²) >= 11 is 19.4. The second kappa shape index (κ2) is 7.06.